The molecular weight excluding hydrogens is 334 g/mol. The highest BCUT2D eigenvalue weighted by atomic mass is 79.9. The zero-order valence-electron chi connectivity index (χ0n) is 8.36. The minimum absolute atomic E-state index is 0.522. The lowest BCUT2D eigenvalue weighted by Crippen LogP contribution is -1.95. The predicted octanol–water partition coefficient (Wildman–Crippen LogP) is 4.19. The number of hydrogen-bond acceptors (Lipinski definition) is 2. The number of halogens is 2. The summed E-state index contributed by atoms with van der Waals surface area (Å²) in [5, 5.41) is 0. The highest BCUT2D eigenvalue weighted by Gasteiger charge is 1.97. The van der Waals surface area contributed by atoms with Gasteiger partial charge in [0.15, 0.2) is 0 Å². The smallest absolute Gasteiger partial charge is 0.119 e. The fourth-order valence-corrected chi connectivity index (χ4v) is 1.91. The van der Waals surface area contributed by atoms with Crippen molar-refractivity contribution in [2.75, 3.05) is 0 Å². The normalized spacial score (nSPS) is 10.1. The topological polar surface area (TPSA) is 22.1 Å². The summed E-state index contributed by atoms with van der Waals surface area (Å²) in [5.74, 6) is 0.850. The molecule has 1 aromatic carbocycles. The van der Waals surface area contributed by atoms with Gasteiger partial charge in [0.2, 0.25) is 0 Å². The van der Waals surface area contributed by atoms with Crippen LogP contribution in [0.2, 0.25) is 0 Å². The van der Waals surface area contributed by atoms with Crippen LogP contribution >= 0.6 is 31.9 Å². The molecule has 0 amide bonds. The van der Waals surface area contributed by atoms with Crippen molar-refractivity contribution in [3.8, 4) is 5.75 Å². The average molecular weight is 343 g/mol. The SMILES string of the molecule is Brc1ccc(OCc2cncc(Br)c2)cc1. The molecule has 82 valence electrons. The molecule has 1 heterocycles. The Morgan fingerprint density at radius 3 is 2.44 bits per heavy atom. The van der Waals surface area contributed by atoms with Crippen LogP contribution in [-0.4, -0.2) is 4.98 Å². The summed E-state index contributed by atoms with van der Waals surface area (Å²) >= 11 is 6.75. The second kappa shape index (κ2) is 5.46. The van der Waals surface area contributed by atoms with E-state index in [4.69, 9.17) is 4.74 Å². The molecule has 0 atom stereocenters. The fourth-order valence-electron chi connectivity index (χ4n) is 1.23. The van der Waals surface area contributed by atoms with Gasteiger partial charge in [-0.3, -0.25) is 4.98 Å². The summed E-state index contributed by atoms with van der Waals surface area (Å²) in [6.45, 7) is 0.522. The summed E-state index contributed by atoms with van der Waals surface area (Å²) in [4.78, 5) is 4.08. The second-order valence-corrected chi connectivity index (χ2v) is 5.09. The van der Waals surface area contributed by atoms with Crippen molar-refractivity contribution in [2.24, 2.45) is 0 Å². The molecule has 0 aliphatic carbocycles. The summed E-state index contributed by atoms with van der Waals surface area (Å²) in [5.41, 5.74) is 1.04. The second-order valence-electron chi connectivity index (χ2n) is 3.25. The van der Waals surface area contributed by atoms with Crippen molar-refractivity contribution in [3.05, 3.63) is 57.2 Å². The highest BCUT2D eigenvalue weighted by molar-refractivity contribution is 9.10. The lowest BCUT2D eigenvalue weighted by Gasteiger charge is -2.06. The third kappa shape index (κ3) is 3.32. The van der Waals surface area contributed by atoms with Gasteiger partial charge in [-0.05, 0) is 46.3 Å². The van der Waals surface area contributed by atoms with E-state index in [1.54, 1.807) is 12.4 Å². The molecule has 2 rings (SSSR count). The van der Waals surface area contributed by atoms with E-state index in [0.29, 0.717) is 6.61 Å². The van der Waals surface area contributed by atoms with Crippen molar-refractivity contribution in [1.82, 2.24) is 4.98 Å². The van der Waals surface area contributed by atoms with Gasteiger partial charge < -0.3 is 4.74 Å². The summed E-state index contributed by atoms with van der Waals surface area (Å²) < 4.78 is 7.63. The van der Waals surface area contributed by atoms with Crippen LogP contribution in [0.15, 0.2) is 51.7 Å². The summed E-state index contributed by atoms with van der Waals surface area (Å²) in [6.07, 6.45) is 3.55. The van der Waals surface area contributed by atoms with Crippen molar-refractivity contribution >= 4 is 31.9 Å². The van der Waals surface area contributed by atoms with Crippen LogP contribution in [0, 0.1) is 0 Å². The van der Waals surface area contributed by atoms with Crippen molar-refractivity contribution in [3.63, 3.8) is 0 Å². The first-order valence-electron chi connectivity index (χ1n) is 4.72. The predicted molar refractivity (Wildman–Crippen MR) is 70.4 cm³/mol. The third-order valence-corrected chi connectivity index (χ3v) is 2.94. The van der Waals surface area contributed by atoms with Crippen molar-refractivity contribution in [1.29, 1.82) is 0 Å². The van der Waals surface area contributed by atoms with Crippen LogP contribution < -0.4 is 4.74 Å². The number of pyridine rings is 1. The molecule has 2 aromatic rings. The number of aromatic nitrogens is 1. The summed E-state index contributed by atoms with van der Waals surface area (Å²) in [6, 6.07) is 9.75. The van der Waals surface area contributed by atoms with E-state index in [1.165, 1.54) is 0 Å². The number of ether oxygens (including phenoxy) is 1. The Balaban J connectivity index is 1.99. The molecule has 0 spiro atoms. The lowest BCUT2D eigenvalue weighted by molar-refractivity contribution is 0.305. The number of nitrogens with zero attached hydrogens (tertiary/aromatic N) is 1. The lowest BCUT2D eigenvalue weighted by atomic mass is 10.3. The molecule has 0 radical (unpaired) electrons. The maximum Gasteiger partial charge on any atom is 0.119 e. The Bertz CT molecular complexity index is 471. The van der Waals surface area contributed by atoms with Gasteiger partial charge in [-0.1, -0.05) is 15.9 Å². The van der Waals surface area contributed by atoms with E-state index in [0.717, 1.165) is 20.3 Å². The van der Waals surface area contributed by atoms with Crippen molar-refractivity contribution in [2.45, 2.75) is 6.61 Å². The van der Waals surface area contributed by atoms with Crippen LogP contribution in [0.25, 0.3) is 0 Å². The standard InChI is InChI=1S/C12H9Br2NO/c13-10-1-3-12(4-2-10)16-8-9-5-11(14)7-15-6-9/h1-7H,8H2. The molecule has 2 nitrogen and oxygen atoms in total. The molecular formula is C12H9Br2NO. The minimum atomic E-state index is 0.522. The molecule has 4 heteroatoms. The average Bonchev–Trinajstić information content (AvgIpc) is 2.28. The Labute approximate surface area is 111 Å². The van der Waals surface area contributed by atoms with E-state index >= 15 is 0 Å². The minimum Gasteiger partial charge on any atom is -0.489 e. The maximum atomic E-state index is 5.62. The van der Waals surface area contributed by atoms with Crippen LogP contribution in [0.3, 0.4) is 0 Å². The molecule has 0 bridgehead atoms. The Hall–Kier alpha value is -0.870. The molecule has 0 fully saturated rings. The molecule has 0 saturated heterocycles. The molecule has 0 N–H and O–H groups in total. The molecule has 16 heavy (non-hydrogen) atoms. The van der Waals surface area contributed by atoms with Gasteiger partial charge in [-0.2, -0.15) is 0 Å². The number of hydrogen-bond donors (Lipinski definition) is 0. The maximum absolute atomic E-state index is 5.62. The number of benzene rings is 1. The van der Waals surface area contributed by atoms with Gasteiger partial charge in [0, 0.05) is 26.9 Å². The zero-order valence-corrected chi connectivity index (χ0v) is 11.5. The van der Waals surface area contributed by atoms with Gasteiger partial charge in [-0.15, -0.1) is 0 Å². The van der Waals surface area contributed by atoms with E-state index in [-0.39, 0.29) is 0 Å². The van der Waals surface area contributed by atoms with E-state index in [9.17, 15) is 0 Å². The Morgan fingerprint density at radius 1 is 1.00 bits per heavy atom. The third-order valence-electron chi connectivity index (χ3n) is 1.98. The van der Waals surface area contributed by atoms with Gasteiger partial charge >= 0.3 is 0 Å². The first-order valence-corrected chi connectivity index (χ1v) is 6.30. The number of rotatable bonds is 3. The van der Waals surface area contributed by atoms with Gasteiger partial charge in [0.1, 0.15) is 12.4 Å². The van der Waals surface area contributed by atoms with E-state index < -0.39 is 0 Å². The first kappa shape index (κ1) is 11.6. The van der Waals surface area contributed by atoms with Gasteiger partial charge in [-0.25, -0.2) is 0 Å². The van der Waals surface area contributed by atoms with E-state index in [2.05, 4.69) is 36.8 Å². The monoisotopic (exact) mass is 341 g/mol. The highest BCUT2D eigenvalue weighted by Crippen LogP contribution is 2.18. The molecule has 0 unspecified atom stereocenters. The van der Waals surface area contributed by atoms with E-state index in [1.807, 2.05) is 30.3 Å². The van der Waals surface area contributed by atoms with Crippen LogP contribution in [0.4, 0.5) is 0 Å². The zero-order chi connectivity index (χ0) is 11.4. The summed E-state index contributed by atoms with van der Waals surface area (Å²) in [7, 11) is 0. The molecule has 0 aliphatic heterocycles. The van der Waals surface area contributed by atoms with Crippen LogP contribution in [0.5, 0.6) is 5.75 Å². The van der Waals surface area contributed by atoms with Crippen LogP contribution in [-0.2, 0) is 6.61 Å². The molecule has 1 aromatic heterocycles. The quantitative estimate of drug-likeness (QED) is 0.834. The largest absolute Gasteiger partial charge is 0.489 e. The van der Waals surface area contributed by atoms with Crippen LogP contribution in [0.1, 0.15) is 5.56 Å². The first-order chi connectivity index (χ1) is 7.74. The fraction of sp³-hybridized carbons (Fsp3) is 0.0833. The van der Waals surface area contributed by atoms with Gasteiger partial charge in [0.25, 0.3) is 0 Å². The molecule has 0 saturated carbocycles. The molecule has 0 aliphatic rings. The Kier molecular flexibility index (Phi) is 3.96. The Morgan fingerprint density at radius 2 is 1.75 bits per heavy atom. The van der Waals surface area contributed by atoms with Crippen molar-refractivity contribution < 1.29 is 4.74 Å². The van der Waals surface area contributed by atoms with Gasteiger partial charge in [0.05, 0.1) is 0 Å².